The van der Waals surface area contributed by atoms with Crippen LogP contribution in [-0.4, -0.2) is 47.4 Å². The van der Waals surface area contributed by atoms with Gasteiger partial charge >= 0.3 is 0 Å². The standard InChI is InChI=1S/C11H14Cl2N2O2/c12-10-3-11(13)14-4-8(10)5-15-1-2-17-9(6-15)7-16/h3-4,9,16H,1-2,5-7H2. The van der Waals surface area contributed by atoms with Crippen LogP contribution in [0.2, 0.25) is 10.2 Å². The smallest absolute Gasteiger partial charge is 0.130 e. The normalized spacial score (nSPS) is 21.7. The summed E-state index contributed by atoms with van der Waals surface area (Å²) in [6.45, 7) is 2.90. The van der Waals surface area contributed by atoms with E-state index in [1.54, 1.807) is 12.3 Å². The molecule has 1 unspecified atom stereocenters. The van der Waals surface area contributed by atoms with Gasteiger partial charge in [0.05, 0.1) is 19.3 Å². The number of morpholine rings is 1. The lowest BCUT2D eigenvalue weighted by atomic mass is 10.2. The Morgan fingerprint density at radius 2 is 2.35 bits per heavy atom. The fraction of sp³-hybridized carbons (Fsp3) is 0.545. The average Bonchev–Trinajstić information content (AvgIpc) is 2.33. The van der Waals surface area contributed by atoms with Crippen LogP contribution in [0.25, 0.3) is 0 Å². The van der Waals surface area contributed by atoms with Crippen molar-refractivity contribution in [2.45, 2.75) is 12.6 Å². The molecule has 2 rings (SSSR count). The van der Waals surface area contributed by atoms with Gasteiger partial charge in [-0.15, -0.1) is 0 Å². The molecule has 0 spiro atoms. The van der Waals surface area contributed by atoms with E-state index in [4.69, 9.17) is 33.0 Å². The van der Waals surface area contributed by atoms with E-state index in [1.807, 2.05) is 0 Å². The van der Waals surface area contributed by atoms with Gasteiger partial charge in [-0.2, -0.15) is 0 Å². The lowest BCUT2D eigenvalue weighted by Crippen LogP contribution is -2.43. The van der Waals surface area contributed by atoms with Crippen LogP contribution in [0.5, 0.6) is 0 Å². The van der Waals surface area contributed by atoms with Gasteiger partial charge in [0.15, 0.2) is 0 Å². The third kappa shape index (κ3) is 3.53. The van der Waals surface area contributed by atoms with Gasteiger partial charge in [0, 0.05) is 36.4 Å². The van der Waals surface area contributed by atoms with E-state index in [-0.39, 0.29) is 12.7 Å². The monoisotopic (exact) mass is 276 g/mol. The van der Waals surface area contributed by atoms with Crippen LogP contribution < -0.4 is 0 Å². The number of hydrogen-bond acceptors (Lipinski definition) is 4. The summed E-state index contributed by atoms with van der Waals surface area (Å²) < 4.78 is 5.38. The number of aromatic nitrogens is 1. The Morgan fingerprint density at radius 1 is 1.53 bits per heavy atom. The van der Waals surface area contributed by atoms with Crippen molar-refractivity contribution in [1.29, 1.82) is 0 Å². The molecule has 1 atom stereocenters. The van der Waals surface area contributed by atoms with E-state index >= 15 is 0 Å². The first kappa shape index (κ1) is 13.1. The van der Waals surface area contributed by atoms with E-state index in [0.717, 1.165) is 12.1 Å². The maximum Gasteiger partial charge on any atom is 0.130 e. The molecular weight excluding hydrogens is 263 g/mol. The van der Waals surface area contributed by atoms with Gasteiger partial charge in [0.1, 0.15) is 5.15 Å². The van der Waals surface area contributed by atoms with Gasteiger partial charge in [-0.25, -0.2) is 4.98 Å². The summed E-state index contributed by atoms with van der Waals surface area (Å²) in [5.41, 5.74) is 0.939. The highest BCUT2D eigenvalue weighted by Gasteiger charge is 2.20. The summed E-state index contributed by atoms with van der Waals surface area (Å²) in [7, 11) is 0. The molecule has 6 heteroatoms. The lowest BCUT2D eigenvalue weighted by Gasteiger charge is -2.32. The quantitative estimate of drug-likeness (QED) is 0.852. The first-order valence-electron chi connectivity index (χ1n) is 5.44. The molecule has 0 saturated carbocycles. The molecule has 1 fully saturated rings. The number of rotatable bonds is 3. The molecule has 1 N–H and O–H groups in total. The zero-order chi connectivity index (χ0) is 12.3. The first-order valence-corrected chi connectivity index (χ1v) is 6.19. The van der Waals surface area contributed by atoms with Gasteiger partial charge in [0.2, 0.25) is 0 Å². The Bertz CT molecular complexity index is 390. The zero-order valence-electron chi connectivity index (χ0n) is 9.27. The van der Waals surface area contributed by atoms with Gasteiger partial charge < -0.3 is 9.84 Å². The summed E-state index contributed by atoms with van der Waals surface area (Å²) >= 11 is 11.8. The molecule has 0 aromatic carbocycles. The van der Waals surface area contributed by atoms with Crippen LogP contribution in [0, 0.1) is 0 Å². The van der Waals surface area contributed by atoms with Crippen molar-refractivity contribution < 1.29 is 9.84 Å². The van der Waals surface area contributed by atoms with Crippen LogP contribution in [0.4, 0.5) is 0 Å². The highest BCUT2D eigenvalue weighted by Crippen LogP contribution is 2.20. The number of aliphatic hydroxyl groups excluding tert-OH is 1. The van der Waals surface area contributed by atoms with Crippen molar-refractivity contribution in [3.05, 3.63) is 28.0 Å². The minimum Gasteiger partial charge on any atom is -0.394 e. The van der Waals surface area contributed by atoms with Crippen molar-refractivity contribution in [3.8, 4) is 0 Å². The molecule has 0 bridgehead atoms. The number of pyridine rings is 1. The molecule has 0 radical (unpaired) electrons. The number of nitrogens with zero attached hydrogens (tertiary/aromatic N) is 2. The van der Waals surface area contributed by atoms with Crippen molar-refractivity contribution in [1.82, 2.24) is 9.88 Å². The van der Waals surface area contributed by atoms with Crippen LogP contribution in [0.3, 0.4) is 0 Å². The Morgan fingerprint density at radius 3 is 3.06 bits per heavy atom. The van der Waals surface area contributed by atoms with Crippen molar-refractivity contribution in [3.63, 3.8) is 0 Å². The molecule has 17 heavy (non-hydrogen) atoms. The van der Waals surface area contributed by atoms with Gasteiger partial charge in [-0.05, 0) is 6.07 Å². The second-order valence-electron chi connectivity index (χ2n) is 4.01. The molecular formula is C11H14Cl2N2O2. The Balaban J connectivity index is 2.00. The number of hydrogen-bond donors (Lipinski definition) is 1. The summed E-state index contributed by atoms with van der Waals surface area (Å²) in [6, 6.07) is 1.64. The highest BCUT2D eigenvalue weighted by molar-refractivity contribution is 6.34. The topological polar surface area (TPSA) is 45.6 Å². The Labute approximate surface area is 110 Å². The fourth-order valence-electron chi connectivity index (χ4n) is 1.83. The Kier molecular flexibility index (Phi) is 4.59. The van der Waals surface area contributed by atoms with E-state index in [9.17, 15) is 0 Å². The third-order valence-corrected chi connectivity index (χ3v) is 3.28. The average molecular weight is 277 g/mol. The van der Waals surface area contributed by atoms with E-state index in [2.05, 4.69) is 9.88 Å². The van der Waals surface area contributed by atoms with E-state index in [1.165, 1.54) is 0 Å². The Hall–Kier alpha value is -0.390. The predicted molar refractivity (Wildman–Crippen MR) is 66.4 cm³/mol. The molecule has 4 nitrogen and oxygen atoms in total. The second kappa shape index (κ2) is 5.98. The molecule has 94 valence electrons. The summed E-state index contributed by atoms with van der Waals surface area (Å²) in [5, 5.41) is 10.1. The van der Waals surface area contributed by atoms with Crippen LogP contribution >= 0.6 is 23.2 Å². The van der Waals surface area contributed by atoms with Gasteiger partial charge in [-0.3, -0.25) is 4.90 Å². The molecule has 0 aliphatic carbocycles. The first-order chi connectivity index (χ1) is 8.19. The zero-order valence-corrected chi connectivity index (χ0v) is 10.8. The largest absolute Gasteiger partial charge is 0.394 e. The molecule has 0 amide bonds. The second-order valence-corrected chi connectivity index (χ2v) is 4.80. The molecule has 1 aliphatic rings. The van der Waals surface area contributed by atoms with Crippen molar-refractivity contribution >= 4 is 23.2 Å². The highest BCUT2D eigenvalue weighted by atomic mass is 35.5. The number of aliphatic hydroxyl groups is 1. The molecule has 1 aromatic rings. The molecule has 1 aromatic heterocycles. The molecule has 1 saturated heterocycles. The van der Waals surface area contributed by atoms with Crippen molar-refractivity contribution in [2.75, 3.05) is 26.3 Å². The van der Waals surface area contributed by atoms with Crippen LogP contribution in [0.1, 0.15) is 5.56 Å². The maximum absolute atomic E-state index is 9.06. The summed E-state index contributed by atoms with van der Waals surface area (Å²) in [6.07, 6.45) is 1.58. The van der Waals surface area contributed by atoms with Crippen molar-refractivity contribution in [2.24, 2.45) is 0 Å². The predicted octanol–water partition coefficient (Wildman–Crippen LogP) is 1.58. The van der Waals surface area contributed by atoms with Gasteiger partial charge in [-0.1, -0.05) is 23.2 Å². The fourth-order valence-corrected chi connectivity index (χ4v) is 2.25. The SMILES string of the molecule is OCC1CN(Cc2cnc(Cl)cc2Cl)CCO1. The number of ether oxygens (including phenoxy) is 1. The maximum atomic E-state index is 9.06. The lowest BCUT2D eigenvalue weighted by molar-refractivity contribution is -0.0551. The van der Waals surface area contributed by atoms with E-state index in [0.29, 0.717) is 29.9 Å². The van der Waals surface area contributed by atoms with E-state index < -0.39 is 0 Å². The summed E-state index contributed by atoms with van der Waals surface area (Å²) in [4.78, 5) is 6.20. The van der Waals surface area contributed by atoms with Gasteiger partial charge in [0.25, 0.3) is 0 Å². The molecule has 1 aliphatic heterocycles. The minimum absolute atomic E-state index is 0.0447. The summed E-state index contributed by atoms with van der Waals surface area (Å²) in [5.74, 6) is 0. The molecule has 2 heterocycles. The van der Waals surface area contributed by atoms with Crippen LogP contribution in [0.15, 0.2) is 12.3 Å². The minimum atomic E-state index is -0.109. The van der Waals surface area contributed by atoms with Crippen LogP contribution in [-0.2, 0) is 11.3 Å². The third-order valence-electron chi connectivity index (χ3n) is 2.72. The number of halogens is 2.